The minimum absolute atomic E-state index is 0. The van der Waals surface area contributed by atoms with Crippen LogP contribution < -0.4 is 0 Å². The molecule has 5 nitrogen and oxygen atoms in total. The maximum atomic E-state index is 4.71. The second kappa shape index (κ2) is 10.1. The van der Waals surface area contributed by atoms with Gasteiger partial charge in [0.1, 0.15) is 0 Å². The van der Waals surface area contributed by atoms with E-state index in [1.807, 2.05) is 18.7 Å². The van der Waals surface area contributed by atoms with E-state index in [1.54, 1.807) is 0 Å². The first-order chi connectivity index (χ1) is 13.7. The van der Waals surface area contributed by atoms with Crippen molar-refractivity contribution in [1.29, 1.82) is 0 Å². The zero-order valence-electron chi connectivity index (χ0n) is 17.4. The van der Waals surface area contributed by atoms with E-state index >= 15 is 0 Å². The molecule has 1 saturated carbocycles. The van der Waals surface area contributed by atoms with Crippen molar-refractivity contribution in [1.82, 2.24) is 24.2 Å². The molecule has 3 aromatic rings. The third-order valence-corrected chi connectivity index (χ3v) is 5.88. The molecule has 156 valence electrons. The van der Waals surface area contributed by atoms with E-state index in [4.69, 9.17) is 5.10 Å². The van der Waals surface area contributed by atoms with Crippen molar-refractivity contribution in [3.05, 3.63) is 60.8 Å². The van der Waals surface area contributed by atoms with Crippen LogP contribution in [-0.4, -0.2) is 44.9 Å². The minimum atomic E-state index is 0. The third kappa shape index (κ3) is 5.09. The van der Waals surface area contributed by atoms with Gasteiger partial charge >= 0.3 is 0 Å². The number of aromatic nitrogens is 4. The summed E-state index contributed by atoms with van der Waals surface area (Å²) in [6.45, 7) is 1.03. The molecule has 29 heavy (non-hydrogen) atoms. The molecule has 2 aromatic heterocycles. The lowest BCUT2D eigenvalue weighted by Gasteiger charge is -2.23. The average Bonchev–Trinajstić information content (AvgIpc) is 3.39. The molecule has 0 bridgehead atoms. The van der Waals surface area contributed by atoms with E-state index in [2.05, 4.69) is 69.8 Å². The maximum absolute atomic E-state index is 4.71. The first kappa shape index (κ1) is 21.6. The largest absolute Gasteiger partial charge is 0.323 e. The zero-order valence-corrected chi connectivity index (χ0v) is 18.3. The number of benzene rings is 1. The van der Waals surface area contributed by atoms with Crippen molar-refractivity contribution in [2.75, 3.05) is 20.6 Å². The summed E-state index contributed by atoms with van der Waals surface area (Å²) < 4.78 is 4.50. The monoisotopic (exact) mass is 413 g/mol. The minimum Gasteiger partial charge on any atom is -0.323 e. The molecule has 0 amide bonds. The third-order valence-electron chi connectivity index (χ3n) is 5.88. The van der Waals surface area contributed by atoms with Crippen molar-refractivity contribution in [3.8, 4) is 11.3 Å². The van der Waals surface area contributed by atoms with Gasteiger partial charge in [0.2, 0.25) is 0 Å². The van der Waals surface area contributed by atoms with Gasteiger partial charge in [-0.05, 0) is 45.5 Å². The molecule has 1 aliphatic carbocycles. The predicted octanol–water partition coefficient (Wildman–Crippen LogP) is 5.21. The highest BCUT2D eigenvalue weighted by Crippen LogP contribution is 2.31. The fourth-order valence-electron chi connectivity index (χ4n) is 4.31. The summed E-state index contributed by atoms with van der Waals surface area (Å²) in [6.07, 6.45) is 15.7. The molecule has 1 atom stereocenters. The number of hydrogen-bond acceptors (Lipinski definition) is 3. The van der Waals surface area contributed by atoms with E-state index in [0.29, 0.717) is 6.04 Å². The van der Waals surface area contributed by atoms with E-state index < -0.39 is 0 Å². The topological polar surface area (TPSA) is 38.9 Å². The normalized spacial score (nSPS) is 16.0. The van der Waals surface area contributed by atoms with E-state index in [9.17, 15) is 0 Å². The van der Waals surface area contributed by atoms with Gasteiger partial charge in [-0.3, -0.25) is 4.68 Å². The lowest BCUT2D eigenvalue weighted by atomic mass is 9.96. The molecule has 6 heteroatoms. The highest BCUT2D eigenvalue weighted by Gasteiger charge is 2.20. The van der Waals surface area contributed by atoms with Crippen molar-refractivity contribution in [3.63, 3.8) is 0 Å². The van der Waals surface area contributed by atoms with Gasteiger partial charge in [0.05, 0.1) is 36.5 Å². The molecule has 0 N–H and O–H groups in total. The van der Waals surface area contributed by atoms with E-state index in [1.165, 1.54) is 37.7 Å². The smallest absolute Gasteiger partial charge is 0.0956 e. The van der Waals surface area contributed by atoms with Crippen LogP contribution in [0.4, 0.5) is 0 Å². The van der Waals surface area contributed by atoms with Gasteiger partial charge in [-0.25, -0.2) is 4.98 Å². The fourth-order valence-corrected chi connectivity index (χ4v) is 4.31. The van der Waals surface area contributed by atoms with Crippen LogP contribution in [-0.2, 0) is 0 Å². The van der Waals surface area contributed by atoms with Crippen LogP contribution in [0.5, 0.6) is 0 Å². The van der Waals surface area contributed by atoms with Crippen molar-refractivity contribution < 1.29 is 0 Å². The second-order valence-electron chi connectivity index (χ2n) is 8.21. The molecule has 0 aliphatic heterocycles. The number of nitrogens with zero attached hydrogens (tertiary/aromatic N) is 5. The highest BCUT2D eigenvalue weighted by atomic mass is 35.5. The second-order valence-corrected chi connectivity index (χ2v) is 8.21. The van der Waals surface area contributed by atoms with Crippen molar-refractivity contribution in [2.24, 2.45) is 0 Å². The van der Waals surface area contributed by atoms with Gasteiger partial charge in [0.15, 0.2) is 0 Å². The zero-order chi connectivity index (χ0) is 19.3. The summed E-state index contributed by atoms with van der Waals surface area (Å²) in [4.78, 5) is 6.75. The van der Waals surface area contributed by atoms with Crippen LogP contribution in [0.3, 0.4) is 0 Å². The van der Waals surface area contributed by atoms with Gasteiger partial charge < -0.3 is 9.47 Å². The number of rotatable bonds is 7. The Balaban J connectivity index is 0.00000240. The molecular formula is C23H32ClN5. The fraction of sp³-hybridized carbons (Fsp3) is 0.478. The average molecular weight is 414 g/mol. The van der Waals surface area contributed by atoms with Gasteiger partial charge in [0, 0.05) is 11.8 Å². The van der Waals surface area contributed by atoms with Crippen molar-refractivity contribution in [2.45, 2.75) is 50.6 Å². The van der Waals surface area contributed by atoms with Gasteiger partial charge in [-0.15, -0.1) is 12.4 Å². The molecule has 1 aromatic carbocycles. The summed E-state index contributed by atoms with van der Waals surface area (Å²) in [5.41, 5.74) is 3.63. The first-order valence-corrected chi connectivity index (χ1v) is 10.5. The summed E-state index contributed by atoms with van der Waals surface area (Å²) in [5.74, 6) is 0. The van der Waals surface area contributed by atoms with Crippen LogP contribution in [0.15, 0.2) is 55.2 Å². The van der Waals surface area contributed by atoms with Gasteiger partial charge in [0.25, 0.3) is 0 Å². The molecule has 1 fully saturated rings. The van der Waals surface area contributed by atoms with Crippen LogP contribution in [0, 0.1) is 0 Å². The molecule has 0 spiro atoms. The number of imidazole rings is 1. The SMILES string of the molecule is CN(C)CCC(c1ccccc1)n1cncc1-c1cnn(C2CCCCC2)c1.Cl. The summed E-state index contributed by atoms with van der Waals surface area (Å²) in [7, 11) is 4.26. The molecule has 1 unspecified atom stereocenters. The van der Waals surface area contributed by atoms with E-state index in [-0.39, 0.29) is 18.4 Å². The quantitative estimate of drug-likeness (QED) is 0.533. The Morgan fingerprint density at radius 3 is 2.55 bits per heavy atom. The Bertz CT molecular complexity index is 864. The number of hydrogen-bond donors (Lipinski definition) is 0. The molecule has 0 saturated heterocycles. The van der Waals surface area contributed by atoms with Crippen LogP contribution in [0.25, 0.3) is 11.3 Å². The van der Waals surface area contributed by atoms with Crippen LogP contribution in [0.1, 0.15) is 56.2 Å². The Morgan fingerprint density at radius 1 is 1.07 bits per heavy atom. The predicted molar refractivity (Wildman–Crippen MR) is 121 cm³/mol. The molecule has 4 rings (SSSR count). The van der Waals surface area contributed by atoms with Crippen LogP contribution in [0.2, 0.25) is 0 Å². The van der Waals surface area contributed by atoms with Crippen LogP contribution >= 0.6 is 12.4 Å². The lowest BCUT2D eigenvalue weighted by Crippen LogP contribution is -2.20. The first-order valence-electron chi connectivity index (χ1n) is 10.5. The molecular weight excluding hydrogens is 382 g/mol. The molecule has 1 aliphatic rings. The Labute approximate surface area is 180 Å². The summed E-state index contributed by atoms with van der Waals surface area (Å²) in [5, 5.41) is 4.71. The lowest BCUT2D eigenvalue weighted by molar-refractivity contribution is 0.329. The standard InChI is InChI=1S/C23H31N5.ClH/c1-26(2)14-13-22(19-9-5-3-6-10-19)27-18-24-16-23(27)20-15-25-28(17-20)21-11-7-4-8-12-21;/h3,5-6,9-10,15-18,21-22H,4,7-8,11-14H2,1-2H3;1H. The van der Waals surface area contributed by atoms with Crippen molar-refractivity contribution >= 4 is 12.4 Å². The Hall–Kier alpha value is -2.11. The van der Waals surface area contributed by atoms with Gasteiger partial charge in [-0.2, -0.15) is 5.10 Å². The van der Waals surface area contributed by atoms with E-state index in [0.717, 1.165) is 24.2 Å². The Morgan fingerprint density at radius 2 is 1.83 bits per heavy atom. The maximum Gasteiger partial charge on any atom is 0.0956 e. The number of halogens is 1. The highest BCUT2D eigenvalue weighted by molar-refractivity contribution is 5.85. The Kier molecular flexibility index (Phi) is 7.51. The molecule has 2 heterocycles. The summed E-state index contributed by atoms with van der Waals surface area (Å²) in [6, 6.07) is 11.6. The summed E-state index contributed by atoms with van der Waals surface area (Å²) >= 11 is 0. The molecule has 0 radical (unpaired) electrons. The van der Waals surface area contributed by atoms with Gasteiger partial charge in [-0.1, -0.05) is 49.6 Å².